The van der Waals surface area contributed by atoms with Crippen molar-refractivity contribution in [2.24, 2.45) is 0 Å². The average molecular weight is 156 g/mol. The smallest absolute Gasteiger partial charge is 0.115 e. The van der Waals surface area contributed by atoms with Crippen LogP contribution < -0.4 is 0 Å². The maximum Gasteiger partial charge on any atom is 0.115 e. The van der Waals surface area contributed by atoms with Crippen LogP contribution in [0.5, 0.6) is 5.75 Å². The van der Waals surface area contributed by atoms with E-state index >= 15 is 0 Å². The highest BCUT2D eigenvalue weighted by atomic mass is 32.2. The molecule has 1 aromatic carbocycles. The van der Waals surface area contributed by atoms with E-state index in [9.17, 15) is 4.21 Å². The number of rotatable bonds is 1. The molecule has 0 aromatic heterocycles. The van der Waals surface area contributed by atoms with Crippen LogP contribution in [0, 0.1) is 0 Å². The molecule has 10 heavy (non-hydrogen) atoms. The third-order valence-corrected chi connectivity index (χ3v) is 2.10. The van der Waals surface area contributed by atoms with Crippen molar-refractivity contribution in [1.82, 2.24) is 0 Å². The Kier molecular flexibility index (Phi) is 2.06. The molecule has 0 heterocycles. The van der Waals surface area contributed by atoms with Gasteiger partial charge in [-0.3, -0.25) is 4.21 Å². The highest BCUT2D eigenvalue weighted by Crippen LogP contribution is 2.11. The molecule has 0 fully saturated rings. The van der Waals surface area contributed by atoms with E-state index < -0.39 is 10.8 Å². The van der Waals surface area contributed by atoms with Crippen molar-refractivity contribution < 1.29 is 9.32 Å². The summed E-state index contributed by atoms with van der Waals surface area (Å²) in [7, 11) is -0.948. The van der Waals surface area contributed by atoms with Gasteiger partial charge in [0.05, 0.1) is 0 Å². The molecule has 0 aliphatic heterocycles. The number of benzene rings is 1. The normalized spacial score (nSPS) is 12.9. The fraction of sp³-hybridized carbons (Fsp3) is 0.143. The summed E-state index contributed by atoms with van der Waals surface area (Å²) < 4.78 is 10.8. The van der Waals surface area contributed by atoms with Gasteiger partial charge in [-0.05, 0) is 24.3 Å². The van der Waals surface area contributed by atoms with Gasteiger partial charge in [0.1, 0.15) is 5.75 Å². The first-order chi connectivity index (χ1) is 4.70. The van der Waals surface area contributed by atoms with Crippen molar-refractivity contribution in [2.45, 2.75) is 4.90 Å². The molecule has 1 atom stereocenters. The molecule has 0 aliphatic carbocycles. The quantitative estimate of drug-likeness (QED) is 0.661. The molecule has 0 bridgehead atoms. The first-order valence-corrected chi connectivity index (χ1v) is 4.38. The fourth-order valence-electron chi connectivity index (χ4n) is 0.638. The summed E-state index contributed by atoms with van der Waals surface area (Å²) in [5.41, 5.74) is 0. The predicted octanol–water partition coefficient (Wildman–Crippen LogP) is 1.13. The van der Waals surface area contributed by atoms with Gasteiger partial charge in [0.25, 0.3) is 0 Å². The third-order valence-electron chi connectivity index (χ3n) is 1.17. The van der Waals surface area contributed by atoms with Gasteiger partial charge in [-0.25, -0.2) is 0 Å². The summed E-state index contributed by atoms with van der Waals surface area (Å²) >= 11 is 0. The molecule has 0 amide bonds. The number of aromatic hydroxyl groups is 1. The van der Waals surface area contributed by atoms with Crippen molar-refractivity contribution in [3.8, 4) is 5.75 Å². The highest BCUT2D eigenvalue weighted by Gasteiger charge is 1.94. The van der Waals surface area contributed by atoms with E-state index in [2.05, 4.69) is 0 Å². The van der Waals surface area contributed by atoms with Crippen LogP contribution in [0.15, 0.2) is 29.2 Å². The second-order valence-electron chi connectivity index (χ2n) is 1.95. The van der Waals surface area contributed by atoms with Crippen molar-refractivity contribution >= 4 is 10.8 Å². The molecule has 1 rings (SSSR count). The second-order valence-corrected chi connectivity index (χ2v) is 3.33. The Hall–Kier alpha value is -0.830. The van der Waals surface area contributed by atoms with E-state index in [0.29, 0.717) is 0 Å². The lowest BCUT2D eigenvalue weighted by Crippen LogP contribution is -1.84. The van der Waals surface area contributed by atoms with Crippen molar-refractivity contribution in [3.63, 3.8) is 0 Å². The Morgan fingerprint density at radius 1 is 1.30 bits per heavy atom. The molecule has 0 spiro atoms. The van der Waals surface area contributed by atoms with Crippen molar-refractivity contribution in [3.05, 3.63) is 24.3 Å². The Balaban J connectivity index is 3.00. The number of phenols is 1. The maximum atomic E-state index is 10.8. The largest absolute Gasteiger partial charge is 0.508 e. The van der Waals surface area contributed by atoms with Gasteiger partial charge >= 0.3 is 0 Å². The summed E-state index contributed by atoms with van der Waals surface area (Å²) in [4.78, 5) is 0.734. The fourth-order valence-corrected chi connectivity index (χ4v) is 1.16. The van der Waals surface area contributed by atoms with E-state index in [1.165, 1.54) is 12.1 Å². The molecule has 54 valence electrons. The molecular weight excluding hydrogens is 148 g/mol. The van der Waals surface area contributed by atoms with Crippen LogP contribution in [0.4, 0.5) is 0 Å². The summed E-state index contributed by atoms with van der Waals surface area (Å²) in [6.07, 6.45) is 1.60. The Bertz CT molecular complexity index is 240. The lowest BCUT2D eigenvalue weighted by molar-refractivity contribution is 0.475. The second kappa shape index (κ2) is 2.84. The molecule has 0 unspecified atom stereocenters. The Morgan fingerprint density at radius 3 is 2.20 bits per heavy atom. The molecule has 2 nitrogen and oxygen atoms in total. The van der Waals surface area contributed by atoms with Crippen LogP contribution >= 0.6 is 0 Å². The number of hydrogen-bond donors (Lipinski definition) is 1. The van der Waals surface area contributed by atoms with E-state index in [1.54, 1.807) is 18.4 Å². The number of hydrogen-bond acceptors (Lipinski definition) is 2. The lowest BCUT2D eigenvalue weighted by atomic mass is 10.3. The van der Waals surface area contributed by atoms with Gasteiger partial charge < -0.3 is 5.11 Å². The van der Waals surface area contributed by atoms with E-state index in [4.69, 9.17) is 5.11 Å². The summed E-state index contributed by atoms with van der Waals surface area (Å²) in [6.45, 7) is 0. The highest BCUT2D eigenvalue weighted by molar-refractivity contribution is 7.84. The molecule has 3 heteroatoms. The standard InChI is InChI=1S/C7H8O2S/c1-10(9)7-4-2-6(8)3-5-7/h2-5,8H,1H3/t10-/m1/s1. The van der Waals surface area contributed by atoms with Gasteiger partial charge in [-0.2, -0.15) is 0 Å². The molecule has 1 aromatic rings. The molecule has 0 saturated carbocycles. The van der Waals surface area contributed by atoms with E-state index in [0.717, 1.165) is 4.90 Å². The monoisotopic (exact) mass is 156 g/mol. The molecule has 0 aliphatic rings. The van der Waals surface area contributed by atoms with Gasteiger partial charge in [0.15, 0.2) is 0 Å². The zero-order valence-corrected chi connectivity index (χ0v) is 6.39. The molecule has 0 saturated heterocycles. The minimum absolute atomic E-state index is 0.203. The maximum absolute atomic E-state index is 10.8. The summed E-state index contributed by atoms with van der Waals surface area (Å²) in [6, 6.07) is 6.34. The minimum atomic E-state index is -0.948. The SMILES string of the molecule is C[S@@](=O)c1ccc(O)cc1. The van der Waals surface area contributed by atoms with E-state index in [1.807, 2.05) is 0 Å². The van der Waals surface area contributed by atoms with E-state index in [-0.39, 0.29) is 5.75 Å². The first-order valence-electron chi connectivity index (χ1n) is 2.82. The van der Waals surface area contributed by atoms with Crippen LogP contribution in [-0.4, -0.2) is 15.6 Å². The van der Waals surface area contributed by atoms with Crippen LogP contribution in [0.1, 0.15) is 0 Å². The van der Waals surface area contributed by atoms with Crippen LogP contribution in [0.2, 0.25) is 0 Å². The molecule has 1 N–H and O–H groups in total. The van der Waals surface area contributed by atoms with Crippen LogP contribution in [-0.2, 0) is 10.8 Å². The van der Waals surface area contributed by atoms with Crippen LogP contribution in [0.3, 0.4) is 0 Å². The third kappa shape index (κ3) is 1.57. The van der Waals surface area contributed by atoms with Gasteiger partial charge in [-0.1, -0.05) is 0 Å². The zero-order valence-electron chi connectivity index (χ0n) is 5.57. The first kappa shape index (κ1) is 7.28. The average Bonchev–Trinajstić information content (AvgIpc) is 1.88. The van der Waals surface area contributed by atoms with Gasteiger partial charge in [0.2, 0.25) is 0 Å². The Morgan fingerprint density at radius 2 is 1.80 bits per heavy atom. The van der Waals surface area contributed by atoms with Gasteiger partial charge in [0, 0.05) is 22.0 Å². The zero-order chi connectivity index (χ0) is 7.56. The summed E-state index contributed by atoms with van der Waals surface area (Å²) in [5, 5.41) is 8.84. The predicted molar refractivity (Wildman–Crippen MR) is 40.4 cm³/mol. The lowest BCUT2D eigenvalue weighted by Gasteiger charge is -1.94. The number of phenolic OH excluding ortho intramolecular Hbond substituents is 1. The molecule has 0 radical (unpaired) electrons. The van der Waals surface area contributed by atoms with Crippen molar-refractivity contribution in [1.29, 1.82) is 0 Å². The molecular formula is C7H8O2S. The minimum Gasteiger partial charge on any atom is -0.508 e. The summed E-state index contributed by atoms with van der Waals surface area (Å²) in [5.74, 6) is 0.203. The van der Waals surface area contributed by atoms with Crippen molar-refractivity contribution in [2.75, 3.05) is 6.26 Å². The Labute approximate surface area is 62.0 Å². The van der Waals surface area contributed by atoms with Gasteiger partial charge in [-0.15, -0.1) is 0 Å². The topological polar surface area (TPSA) is 37.3 Å². The van der Waals surface area contributed by atoms with Crippen LogP contribution in [0.25, 0.3) is 0 Å².